The summed E-state index contributed by atoms with van der Waals surface area (Å²) in [4.78, 5) is 0. The Morgan fingerprint density at radius 2 is 1.60 bits per heavy atom. The Hall–Kier alpha value is -2.36. The maximum atomic E-state index is 6.08. The lowest BCUT2D eigenvalue weighted by Gasteiger charge is -2.21. The van der Waals surface area contributed by atoms with Gasteiger partial charge < -0.3 is 20.9 Å². The zero-order valence-electron chi connectivity index (χ0n) is 15.3. The molecule has 4 N–H and O–H groups in total. The third-order valence-corrected chi connectivity index (χ3v) is 4.18. The van der Waals surface area contributed by atoms with E-state index in [0.29, 0.717) is 5.69 Å². The Morgan fingerprint density at radius 3 is 2.28 bits per heavy atom. The lowest BCUT2D eigenvalue weighted by molar-refractivity contribution is -0.00242. The van der Waals surface area contributed by atoms with Crippen molar-refractivity contribution in [1.82, 2.24) is 0 Å². The Bertz CT molecular complexity index is 658. The van der Waals surface area contributed by atoms with Gasteiger partial charge in [-0.05, 0) is 49.2 Å². The molecule has 4 nitrogen and oxygen atoms in total. The molecule has 1 atom stereocenters. The van der Waals surface area contributed by atoms with Crippen LogP contribution >= 0.6 is 0 Å². The van der Waals surface area contributed by atoms with Crippen molar-refractivity contribution in [2.45, 2.75) is 58.7 Å². The van der Waals surface area contributed by atoms with Crippen LogP contribution < -0.4 is 20.9 Å². The number of rotatable bonds is 10. The van der Waals surface area contributed by atoms with Crippen LogP contribution in [0.25, 0.3) is 0 Å². The fraction of sp³-hybridized carbons (Fsp3) is 0.429. The topological polar surface area (TPSA) is 70.5 Å². The SMILES string of the molecule is CCCCCCCC(Oc1cccc(N)c1)Oc1ccc(N)c(C)c1. The van der Waals surface area contributed by atoms with Crippen molar-refractivity contribution in [2.24, 2.45) is 0 Å². The molecule has 0 fully saturated rings. The first kappa shape index (κ1) is 19.0. The molecular formula is C21H30N2O2. The van der Waals surface area contributed by atoms with Crippen molar-refractivity contribution in [3.8, 4) is 11.5 Å². The number of benzene rings is 2. The van der Waals surface area contributed by atoms with Crippen LogP contribution in [0.4, 0.5) is 11.4 Å². The lowest BCUT2D eigenvalue weighted by Crippen LogP contribution is -2.24. The average molecular weight is 342 g/mol. The number of hydrogen-bond acceptors (Lipinski definition) is 4. The summed E-state index contributed by atoms with van der Waals surface area (Å²) >= 11 is 0. The molecular weight excluding hydrogens is 312 g/mol. The van der Waals surface area contributed by atoms with Crippen LogP contribution in [0.2, 0.25) is 0 Å². The highest BCUT2D eigenvalue weighted by molar-refractivity contribution is 5.49. The molecule has 0 radical (unpaired) electrons. The summed E-state index contributed by atoms with van der Waals surface area (Å²) in [6.07, 6.45) is 6.52. The summed E-state index contributed by atoms with van der Waals surface area (Å²) < 4.78 is 12.1. The Labute approximate surface area is 151 Å². The second-order valence-electron chi connectivity index (χ2n) is 6.46. The molecule has 0 bridgehead atoms. The normalized spacial score (nSPS) is 11.9. The lowest BCUT2D eigenvalue weighted by atomic mass is 10.1. The molecule has 0 amide bonds. The first-order valence-corrected chi connectivity index (χ1v) is 9.13. The highest BCUT2D eigenvalue weighted by Crippen LogP contribution is 2.24. The van der Waals surface area contributed by atoms with Gasteiger partial charge in [-0.1, -0.05) is 38.7 Å². The highest BCUT2D eigenvalue weighted by Gasteiger charge is 2.13. The molecule has 2 aromatic rings. The summed E-state index contributed by atoms with van der Waals surface area (Å²) in [5.41, 5.74) is 14.2. The van der Waals surface area contributed by atoms with E-state index in [1.54, 1.807) is 0 Å². The van der Waals surface area contributed by atoms with Crippen LogP contribution in [0.1, 0.15) is 51.0 Å². The minimum absolute atomic E-state index is 0.341. The molecule has 0 saturated carbocycles. The third-order valence-electron chi connectivity index (χ3n) is 4.18. The second-order valence-corrected chi connectivity index (χ2v) is 6.46. The molecule has 25 heavy (non-hydrogen) atoms. The smallest absolute Gasteiger partial charge is 0.241 e. The minimum Gasteiger partial charge on any atom is -0.455 e. The summed E-state index contributed by atoms with van der Waals surface area (Å²) in [7, 11) is 0. The van der Waals surface area contributed by atoms with E-state index in [1.807, 2.05) is 49.4 Å². The van der Waals surface area contributed by atoms with Crippen molar-refractivity contribution >= 4 is 11.4 Å². The molecule has 4 heteroatoms. The van der Waals surface area contributed by atoms with Gasteiger partial charge in [0.25, 0.3) is 0 Å². The van der Waals surface area contributed by atoms with Crippen molar-refractivity contribution in [1.29, 1.82) is 0 Å². The van der Waals surface area contributed by atoms with Crippen LogP contribution in [-0.2, 0) is 0 Å². The van der Waals surface area contributed by atoms with Gasteiger partial charge in [-0.2, -0.15) is 0 Å². The van der Waals surface area contributed by atoms with Crippen LogP contribution in [0.3, 0.4) is 0 Å². The van der Waals surface area contributed by atoms with E-state index in [-0.39, 0.29) is 6.29 Å². The fourth-order valence-electron chi connectivity index (χ4n) is 2.67. The highest BCUT2D eigenvalue weighted by atomic mass is 16.7. The molecule has 0 aliphatic rings. The van der Waals surface area contributed by atoms with Crippen LogP contribution in [0, 0.1) is 6.92 Å². The molecule has 0 aliphatic heterocycles. The third kappa shape index (κ3) is 6.57. The molecule has 2 rings (SSSR count). The van der Waals surface area contributed by atoms with Crippen molar-refractivity contribution in [3.05, 3.63) is 48.0 Å². The fourth-order valence-corrected chi connectivity index (χ4v) is 2.67. The molecule has 0 spiro atoms. The van der Waals surface area contributed by atoms with E-state index in [2.05, 4.69) is 6.92 Å². The first-order valence-electron chi connectivity index (χ1n) is 9.13. The molecule has 136 valence electrons. The van der Waals surface area contributed by atoms with Gasteiger partial charge in [0.15, 0.2) is 0 Å². The average Bonchev–Trinajstić information content (AvgIpc) is 2.58. The van der Waals surface area contributed by atoms with Crippen molar-refractivity contribution in [3.63, 3.8) is 0 Å². The maximum Gasteiger partial charge on any atom is 0.241 e. The van der Waals surface area contributed by atoms with E-state index in [4.69, 9.17) is 20.9 Å². The van der Waals surface area contributed by atoms with Crippen molar-refractivity contribution < 1.29 is 9.47 Å². The molecule has 0 saturated heterocycles. The largest absolute Gasteiger partial charge is 0.455 e. The Kier molecular flexibility index (Phi) is 7.45. The Morgan fingerprint density at radius 1 is 0.880 bits per heavy atom. The summed E-state index contributed by atoms with van der Waals surface area (Å²) in [5, 5.41) is 0. The van der Waals surface area contributed by atoms with Crippen molar-refractivity contribution in [2.75, 3.05) is 11.5 Å². The van der Waals surface area contributed by atoms with Gasteiger partial charge in [0.05, 0.1) is 0 Å². The van der Waals surface area contributed by atoms with Gasteiger partial charge in [-0.3, -0.25) is 0 Å². The monoisotopic (exact) mass is 342 g/mol. The predicted octanol–water partition coefficient (Wildman–Crippen LogP) is 5.30. The number of anilines is 2. The van der Waals surface area contributed by atoms with Crippen LogP contribution in [-0.4, -0.2) is 6.29 Å². The summed E-state index contributed by atoms with van der Waals surface area (Å²) in [6, 6.07) is 13.1. The number of unbranched alkanes of at least 4 members (excludes halogenated alkanes) is 4. The predicted molar refractivity (Wildman–Crippen MR) is 105 cm³/mol. The van der Waals surface area contributed by atoms with Gasteiger partial charge in [-0.25, -0.2) is 0 Å². The van der Waals surface area contributed by atoms with E-state index >= 15 is 0 Å². The van der Waals surface area contributed by atoms with Crippen LogP contribution in [0.5, 0.6) is 11.5 Å². The Balaban J connectivity index is 2.00. The van der Waals surface area contributed by atoms with E-state index in [9.17, 15) is 0 Å². The number of hydrogen-bond donors (Lipinski definition) is 2. The number of aryl methyl sites for hydroxylation is 1. The van der Waals surface area contributed by atoms with Gasteiger partial charge in [0.2, 0.25) is 6.29 Å². The second kappa shape index (κ2) is 9.82. The first-order chi connectivity index (χ1) is 12.1. The number of ether oxygens (including phenoxy) is 2. The molecule has 2 aromatic carbocycles. The quantitative estimate of drug-likeness (QED) is 0.349. The molecule has 0 aliphatic carbocycles. The minimum atomic E-state index is -0.341. The van der Waals surface area contributed by atoms with Crippen LogP contribution in [0.15, 0.2) is 42.5 Å². The number of nitrogens with two attached hydrogens (primary N) is 2. The van der Waals surface area contributed by atoms with Gasteiger partial charge in [-0.15, -0.1) is 0 Å². The summed E-state index contributed by atoms with van der Waals surface area (Å²) in [5.74, 6) is 1.50. The van der Waals surface area contributed by atoms with Gasteiger partial charge in [0, 0.05) is 23.9 Å². The maximum absolute atomic E-state index is 6.08. The standard InChI is InChI=1S/C21H30N2O2/c1-3-4-5-6-7-11-21(24-18-10-8-9-17(22)15-18)25-19-12-13-20(23)16(2)14-19/h8-10,12-15,21H,3-7,11,22-23H2,1-2H3. The van der Waals surface area contributed by atoms with E-state index in [1.165, 1.54) is 25.7 Å². The number of nitrogen functional groups attached to an aromatic ring is 2. The zero-order chi connectivity index (χ0) is 18.1. The van der Waals surface area contributed by atoms with Gasteiger partial charge >= 0.3 is 0 Å². The molecule has 0 aromatic heterocycles. The molecule has 0 heterocycles. The molecule has 1 unspecified atom stereocenters. The van der Waals surface area contributed by atoms with E-state index in [0.717, 1.165) is 35.6 Å². The zero-order valence-corrected chi connectivity index (χ0v) is 15.3. The summed E-state index contributed by atoms with van der Waals surface area (Å²) in [6.45, 7) is 4.19. The van der Waals surface area contributed by atoms with Gasteiger partial charge in [0.1, 0.15) is 11.5 Å². The van der Waals surface area contributed by atoms with E-state index < -0.39 is 0 Å².